The van der Waals surface area contributed by atoms with Crippen molar-refractivity contribution in [3.8, 4) is 0 Å². The van der Waals surface area contributed by atoms with Crippen LogP contribution in [0.2, 0.25) is 0 Å². The molecular formula is C16H16N2O. The number of rotatable bonds is 3. The Labute approximate surface area is 112 Å². The third kappa shape index (κ3) is 2.13. The first kappa shape index (κ1) is 11.9. The summed E-state index contributed by atoms with van der Waals surface area (Å²) in [5.41, 5.74) is 4.38. The average molecular weight is 252 g/mol. The van der Waals surface area contributed by atoms with Crippen molar-refractivity contribution >= 4 is 10.9 Å². The van der Waals surface area contributed by atoms with Crippen LogP contribution in [0.4, 0.5) is 0 Å². The predicted molar refractivity (Wildman–Crippen MR) is 75.9 cm³/mol. The molecule has 0 amide bonds. The van der Waals surface area contributed by atoms with Crippen LogP contribution in [-0.2, 0) is 13.2 Å². The first-order valence-electron chi connectivity index (χ1n) is 6.37. The number of aliphatic hydroxyl groups is 1. The van der Waals surface area contributed by atoms with Crippen LogP contribution < -0.4 is 0 Å². The van der Waals surface area contributed by atoms with E-state index < -0.39 is 0 Å². The van der Waals surface area contributed by atoms with Gasteiger partial charge in [-0.1, -0.05) is 18.2 Å². The molecule has 0 fully saturated rings. The zero-order valence-corrected chi connectivity index (χ0v) is 10.9. The van der Waals surface area contributed by atoms with Gasteiger partial charge in [-0.2, -0.15) is 0 Å². The monoisotopic (exact) mass is 252 g/mol. The van der Waals surface area contributed by atoms with E-state index in [4.69, 9.17) is 0 Å². The van der Waals surface area contributed by atoms with E-state index in [-0.39, 0.29) is 6.61 Å². The van der Waals surface area contributed by atoms with Crippen LogP contribution in [0.3, 0.4) is 0 Å². The topological polar surface area (TPSA) is 38.0 Å². The maximum atomic E-state index is 9.36. The Morgan fingerprint density at radius 2 is 2.05 bits per heavy atom. The second-order valence-electron chi connectivity index (χ2n) is 4.72. The van der Waals surface area contributed by atoms with Gasteiger partial charge in [0.25, 0.3) is 0 Å². The molecule has 0 saturated carbocycles. The fourth-order valence-corrected chi connectivity index (χ4v) is 2.41. The molecule has 0 radical (unpaired) electrons. The smallest absolute Gasteiger partial charge is 0.0688 e. The largest absolute Gasteiger partial charge is 0.392 e. The third-order valence-electron chi connectivity index (χ3n) is 3.51. The fraction of sp³-hybridized carbons (Fsp3) is 0.188. The summed E-state index contributed by atoms with van der Waals surface area (Å²) in [7, 11) is 0. The number of hydrogen-bond donors (Lipinski definition) is 1. The summed E-state index contributed by atoms with van der Waals surface area (Å²) < 4.78 is 2.17. The van der Waals surface area contributed by atoms with E-state index in [9.17, 15) is 5.11 Å². The Morgan fingerprint density at radius 3 is 2.84 bits per heavy atom. The number of benzene rings is 1. The lowest BCUT2D eigenvalue weighted by Crippen LogP contribution is -2.02. The Hall–Kier alpha value is -2.13. The molecule has 96 valence electrons. The lowest BCUT2D eigenvalue weighted by Gasteiger charge is -2.08. The van der Waals surface area contributed by atoms with E-state index in [2.05, 4.69) is 40.9 Å². The molecule has 3 heteroatoms. The zero-order valence-electron chi connectivity index (χ0n) is 10.9. The van der Waals surface area contributed by atoms with E-state index in [1.807, 2.05) is 24.4 Å². The van der Waals surface area contributed by atoms with Crippen molar-refractivity contribution in [2.45, 2.75) is 20.1 Å². The van der Waals surface area contributed by atoms with Crippen LogP contribution in [0.1, 0.15) is 16.8 Å². The summed E-state index contributed by atoms with van der Waals surface area (Å²) in [6.07, 6.45) is 3.88. The van der Waals surface area contributed by atoms with Crippen LogP contribution in [0, 0.1) is 6.92 Å². The highest BCUT2D eigenvalue weighted by Gasteiger charge is 2.06. The summed E-state index contributed by atoms with van der Waals surface area (Å²) >= 11 is 0. The molecule has 1 N–H and O–H groups in total. The lowest BCUT2D eigenvalue weighted by molar-refractivity contribution is 0.283. The van der Waals surface area contributed by atoms with Gasteiger partial charge in [0.1, 0.15) is 0 Å². The highest BCUT2D eigenvalue weighted by atomic mass is 16.3. The van der Waals surface area contributed by atoms with Gasteiger partial charge in [0.15, 0.2) is 0 Å². The van der Waals surface area contributed by atoms with E-state index in [0.717, 1.165) is 28.7 Å². The molecule has 2 aromatic heterocycles. The van der Waals surface area contributed by atoms with Crippen molar-refractivity contribution in [3.63, 3.8) is 0 Å². The zero-order chi connectivity index (χ0) is 13.2. The van der Waals surface area contributed by atoms with Gasteiger partial charge in [-0.25, -0.2) is 0 Å². The summed E-state index contributed by atoms with van der Waals surface area (Å²) in [6.45, 7) is 2.90. The van der Waals surface area contributed by atoms with Gasteiger partial charge >= 0.3 is 0 Å². The standard InChI is InChI=1S/C16H16N2O/c1-12-4-3-8-17-15(12)10-18-9-7-14-13(11-19)5-2-6-16(14)18/h2-9,19H,10-11H2,1H3. The van der Waals surface area contributed by atoms with Gasteiger partial charge in [-0.05, 0) is 36.2 Å². The van der Waals surface area contributed by atoms with Crippen molar-refractivity contribution in [1.82, 2.24) is 9.55 Å². The number of fused-ring (bicyclic) bond motifs is 1. The average Bonchev–Trinajstić information content (AvgIpc) is 2.84. The maximum absolute atomic E-state index is 9.36. The molecule has 0 aliphatic carbocycles. The van der Waals surface area contributed by atoms with E-state index >= 15 is 0 Å². The van der Waals surface area contributed by atoms with Crippen LogP contribution in [0.15, 0.2) is 48.8 Å². The van der Waals surface area contributed by atoms with Crippen molar-refractivity contribution < 1.29 is 5.11 Å². The number of aromatic nitrogens is 2. The SMILES string of the molecule is Cc1cccnc1Cn1ccc2c(CO)cccc21. The van der Waals surface area contributed by atoms with E-state index in [1.54, 1.807) is 0 Å². The van der Waals surface area contributed by atoms with Gasteiger partial charge in [-0.3, -0.25) is 4.98 Å². The lowest BCUT2D eigenvalue weighted by atomic mass is 10.1. The quantitative estimate of drug-likeness (QED) is 0.778. The predicted octanol–water partition coefficient (Wildman–Crippen LogP) is 2.89. The highest BCUT2D eigenvalue weighted by Crippen LogP contribution is 2.21. The first-order chi connectivity index (χ1) is 9.29. The Bertz CT molecular complexity index is 716. The fourth-order valence-electron chi connectivity index (χ4n) is 2.41. The van der Waals surface area contributed by atoms with Gasteiger partial charge in [0.05, 0.1) is 18.8 Å². The molecule has 0 saturated heterocycles. The normalized spacial score (nSPS) is 11.1. The summed E-state index contributed by atoms with van der Waals surface area (Å²) in [5, 5.41) is 10.5. The van der Waals surface area contributed by atoms with Gasteiger partial charge in [0, 0.05) is 23.3 Å². The minimum absolute atomic E-state index is 0.0734. The second-order valence-corrected chi connectivity index (χ2v) is 4.72. The van der Waals surface area contributed by atoms with E-state index in [0.29, 0.717) is 0 Å². The third-order valence-corrected chi connectivity index (χ3v) is 3.51. The summed E-state index contributed by atoms with van der Waals surface area (Å²) in [5.74, 6) is 0. The number of nitrogens with zero attached hydrogens (tertiary/aromatic N) is 2. The van der Waals surface area contributed by atoms with Crippen molar-refractivity contribution in [3.05, 3.63) is 65.6 Å². The number of aryl methyl sites for hydroxylation is 1. The molecule has 1 aromatic carbocycles. The molecule has 0 spiro atoms. The van der Waals surface area contributed by atoms with Crippen molar-refractivity contribution in [1.29, 1.82) is 0 Å². The molecule has 0 bridgehead atoms. The molecule has 0 atom stereocenters. The molecule has 0 aliphatic heterocycles. The van der Waals surface area contributed by atoms with Gasteiger partial charge in [-0.15, -0.1) is 0 Å². The molecule has 3 nitrogen and oxygen atoms in total. The van der Waals surface area contributed by atoms with Crippen LogP contribution >= 0.6 is 0 Å². The maximum Gasteiger partial charge on any atom is 0.0688 e. The summed E-state index contributed by atoms with van der Waals surface area (Å²) in [6, 6.07) is 12.1. The summed E-state index contributed by atoms with van der Waals surface area (Å²) in [4.78, 5) is 4.43. The Kier molecular flexibility index (Phi) is 3.05. The van der Waals surface area contributed by atoms with Crippen LogP contribution in [0.5, 0.6) is 0 Å². The molecule has 19 heavy (non-hydrogen) atoms. The Balaban J connectivity index is 2.05. The molecule has 2 heterocycles. The van der Waals surface area contributed by atoms with Gasteiger partial charge in [0.2, 0.25) is 0 Å². The molecule has 3 rings (SSSR count). The number of aliphatic hydroxyl groups excluding tert-OH is 1. The first-order valence-corrected chi connectivity index (χ1v) is 6.37. The minimum Gasteiger partial charge on any atom is -0.392 e. The van der Waals surface area contributed by atoms with Gasteiger partial charge < -0.3 is 9.67 Å². The minimum atomic E-state index is 0.0734. The number of hydrogen-bond acceptors (Lipinski definition) is 2. The van der Waals surface area contributed by atoms with Crippen molar-refractivity contribution in [2.75, 3.05) is 0 Å². The molecular weight excluding hydrogens is 236 g/mol. The number of pyridine rings is 1. The van der Waals surface area contributed by atoms with Crippen molar-refractivity contribution in [2.24, 2.45) is 0 Å². The second kappa shape index (κ2) is 4.86. The Morgan fingerprint density at radius 1 is 1.16 bits per heavy atom. The van der Waals surface area contributed by atoms with E-state index in [1.165, 1.54) is 5.56 Å². The molecule has 0 aliphatic rings. The molecule has 3 aromatic rings. The van der Waals surface area contributed by atoms with Crippen LogP contribution in [-0.4, -0.2) is 14.7 Å². The van der Waals surface area contributed by atoms with Crippen LogP contribution in [0.25, 0.3) is 10.9 Å². The highest BCUT2D eigenvalue weighted by molar-refractivity contribution is 5.83. The molecule has 0 unspecified atom stereocenters.